The van der Waals surface area contributed by atoms with Gasteiger partial charge in [0, 0.05) is 17.8 Å². The molecule has 1 fully saturated rings. The summed E-state index contributed by atoms with van der Waals surface area (Å²) in [6.45, 7) is 3.69. The zero-order valence-electron chi connectivity index (χ0n) is 10.5. The summed E-state index contributed by atoms with van der Waals surface area (Å²) in [5, 5.41) is 0. The van der Waals surface area contributed by atoms with Crippen molar-refractivity contribution in [2.24, 2.45) is 0 Å². The number of aromatic amines is 1. The summed E-state index contributed by atoms with van der Waals surface area (Å²) < 4.78 is 1.27. The first kappa shape index (κ1) is 12.1. The van der Waals surface area contributed by atoms with Crippen LogP contribution in [0.25, 0.3) is 0 Å². The maximum atomic E-state index is 11.9. The third-order valence-corrected chi connectivity index (χ3v) is 3.55. The lowest BCUT2D eigenvalue weighted by atomic mass is 9.87. The molecule has 2 rings (SSSR count). The largest absolute Gasteiger partial charge is 0.328 e. The number of nitrogens with zero attached hydrogens (tertiary/aromatic N) is 1. The van der Waals surface area contributed by atoms with E-state index in [4.69, 9.17) is 0 Å². The Balaban J connectivity index is 2.38. The topological polar surface area (TPSA) is 54.9 Å². The maximum absolute atomic E-state index is 11.9. The van der Waals surface area contributed by atoms with E-state index in [0.29, 0.717) is 5.92 Å². The molecule has 1 aliphatic rings. The number of nitrogens with one attached hydrogen (secondary N) is 1. The fraction of sp³-hybridized carbons (Fsp3) is 0.692. The van der Waals surface area contributed by atoms with Crippen molar-refractivity contribution in [1.82, 2.24) is 9.55 Å². The predicted molar refractivity (Wildman–Crippen MR) is 67.5 cm³/mol. The molecule has 4 nitrogen and oxygen atoms in total. The maximum Gasteiger partial charge on any atom is 0.328 e. The molecule has 1 saturated carbocycles. The quantitative estimate of drug-likeness (QED) is 0.855. The van der Waals surface area contributed by atoms with Gasteiger partial charge in [0.2, 0.25) is 0 Å². The fourth-order valence-electron chi connectivity index (χ4n) is 2.64. The van der Waals surface area contributed by atoms with Crippen LogP contribution >= 0.6 is 0 Å². The van der Waals surface area contributed by atoms with Crippen LogP contribution in [0.5, 0.6) is 0 Å². The Hall–Kier alpha value is -1.32. The Morgan fingerprint density at radius 1 is 1.24 bits per heavy atom. The van der Waals surface area contributed by atoms with Crippen LogP contribution in [0.3, 0.4) is 0 Å². The molecule has 0 atom stereocenters. The minimum absolute atomic E-state index is 0.0911. The fourth-order valence-corrected chi connectivity index (χ4v) is 2.64. The first-order valence-electron chi connectivity index (χ1n) is 6.45. The van der Waals surface area contributed by atoms with Crippen molar-refractivity contribution < 1.29 is 0 Å². The molecular weight excluding hydrogens is 216 g/mol. The Morgan fingerprint density at radius 3 is 2.41 bits per heavy atom. The molecule has 0 aliphatic heterocycles. The van der Waals surface area contributed by atoms with Gasteiger partial charge in [-0.1, -0.05) is 19.3 Å². The standard InChI is InChI=1S/C13H20N2O2/c1-9(2)15-12(16)8-11(14-13(15)17)10-6-4-3-5-7-10/h8-10H,3-7H2,1-2H3,(H,14,17). The minimum atomic E-state index is -0.270. The Labute approximate surface area is 101 Å². The third-order valence-electron chi connectivity index (χ3n) is 3.55. The van der Waals surface area contributed by atoms with Crippen molar-refractivity contribution in [2.45, 2.75) is 57.9 Å². The molecule has 0 unspecified atom stereocenters. The van der Waals surface area contributed by atoms with Crippen LogP contribution in [0, 0.1) is 0 Å². The van der Waals surface area contributed by atoms with Gasteiger partial charge >= 0.3 is 5.69 Å². The second-order valence-corrected chi connectivity index (χ2v) is 5.17. The van der Waals surface area contributed by atoms with E-state index in [1.807, 2.05) is 13.8 Å². The average molecular weight is 236 g/mol. The van der Waals surface area contributed by atoms with Crippen molar-refractivity contribution in [3.05, 3.63) is 32.6 Å². The van der Waals surface area contributed by atoms with E-state index >= 15 is 0 Å². The molecule has 1 aromatic rings. The first-order valence-corrected chi connectivity index (χ1v) is 6.45. The summed E-state index contributed by atoms with van der Waals surface area (Å²) in [5.41, 5.74) is 0.383. The number of rotatable bonds is 2. The van der Waals surface area contributed by atoms with Crippen molar-refractivity contribution in [1.29, 1.82) is 0 Å². The molecule has 94 valence electrons. The Kier molecular flexibility index (Phi) is 3.50. The van der Waals surface area contributed by atoms with E-state index in [0.717, 1.165) is 18.5 Å². The van der Waals surface area contributed by atoms with E-state index in [1.54, 1.807) is 6.07 Å². The van der Waals surface area contributed by atoms with Crippen LogP contribution in [0.4, 0.5) is 0 Å². The van der Waals surface area contributed by atoms with Crippen LogP contribution in [-0.4, -0.2) is 9.55 Å². The van der Waals surface area contributed by atoms with Crippen LogP contribution < -0.4 is 11.2 Å². The van der Waals surface area contributed by atoms with Crippen molar-refractivity contribution in [2.75, 3.05) is 0 Å². The van der Waals surface area contributed by atoms with Gasteiger partial charge in [0.15, 0.2) is 0 Å². The van der Waals surface area contributed by atoms with E-state index in [-0.39, 0.29) is 17.3 Å². The van der Waals surface area contributed by atoms with Gasteiger partial charge in [-0.15, -0.1) is 0 Å². The average Bonchev–Trinajstić information content (AvgIpc) is 2.28. The van der Waals surface area contributed by atoms with Gasteiger partial charge < -0.3 is 4.98 Å². The van der Waals surface area contributed by atoms with E-state index in [9.17, 15) is 9.59 Å². The van der Waals surface area contributed by atoms with Gasteiger partial charge in [-0.25, -0.2) is 4.79 Å². The molecule has 4 heteroatoms. The highest BCUT2D eigenvalue weighted by Gasteiger charge is 2.18. The smallest absolute Gasteiger partial charge is 0.311 e. The molecule has 0 radical (unpaired) electrons. The Morgan fingerprint density at radius 2 is 1.88 bits per heavy atom. The van der Waals surface area contributed by atoms with Crippen LogP contribution in [0.15, 0.2) is 15.7 Å². The van der Waals surface area contributed by atoms with Gasteiger partial charge in [0.25, 0.3) is 5.56 Å². The number of hydrogen-bond acceptors (Lipinski definition) is 2. The zero-order valence-corrected chi connectivity index (χ0v) is 10.5. The monoisotopic (exact) mass is 236 g/mol. The molecule has 0 bridgehead atoms. The zero-order chi connectivity index (χ0) is 12.4. The second kappa shape index (κ2) is 4.90. The summed E-state index contributed by atoms with van der Waals surface area (Å²) in [6.07, 6.45) is 5.83. The molecule has 1 N–H and O–H groups in total. The number of hydrogen-bond donors (Lipinski definition) is 1. The van der Waals surface area contributed by atoms with Gasteiger partial charge in [0.05, 0.1) is 0 Å². The molecule has 17 heavy (non-hydrogen) atoms. The second-order valence-electron chi connectivity index (χ2n) is 5.17. The van der Waals surface area contributed by atoms with Gasteiger partial charge in [-0.3, -0.25) is 9.36 Å². The predicted octanol–water partition coefficient (Wildman–Crippen LogP) is 2.17. The molecule has 1 heterocycles. The Bertz CT molecular complexity index is 462. The van der Waals surface area contributed by atoms with Crippen molar-refractivity contribution in [3.8, 4) is 0 Å². The van der Waals surface area contributed by atoms with Crippen LogP contribution in [-0.2, 0) is 0 Å². The lowest BCUT2D eigenvalue weighted by Gasteiger charge is -2.21. The first-order chi connectivity index (χ1) is 8.09. The van der Waals surface area contributed by atoms with Gasteiger partial charge in [0.1, 0.15) is 0 Å². The summed E-state index contributed by atoms with van der Waals surface area (Å²) in [6, 6.07) is 1.52. The summed E-state index contributed by atoms with van der Waals surface area (Å²) in [7, 11) is 0. The van der Waals surface area contributed by atoms with E-state index in [2.05, 4.69) is 4.98 Å². The highest BCUT2D eigenvalue weighted by Crippen LogP contribution is 2.30. The molecule has 1 aromatic heterocycles. The highest BCUT2D eigenvalue weighted by molar-refractivity contribution is 5.08. The molecule has 0 aromatic carbocycles. The number of aromatic nitrogens is 2. The lowest BCUT2D eigenvalue weighted by Crippen LogP contribution is -2.37. The SMILES string of the molecule is CC(C)n1c(=O)cc(C2CCCCC2)[nH]c1=O. The molecule has 1 aliphatic carbocycles. The van der Waals surface area contributed by atoms with Crippen LogP contribution in [0.2, 0.25) is 0 Å². The van der Waals surface area contributed by atoms with E-state index in [1.165, 1.54) is 23.8 Å². The minimum Gasteiger partial charge on any atom is -0.311 e. The van der Waals surface area contributed by atoms with Gasteiger partial charge in [-0.2, -0.15) is 0 Å². The lowest BCUT2D eigenvalue weighted by molar-refractivity contribution is 0.430. The van der Waals surface area contributed by atoms with Crippen LogP contribution in [0.1, 0.15) is 63.6 Å². The molecule has 0 spiro atoms. The van der Waals surface area contributed by atoms with Crippen molar-refractivity contribution in [3.63, 3.8) is 0 Å². The number of H-pyrrole nitrogens is 1. The molecule has 0 saturated heterocycles. The van der Waals surface area contributed by atoms with Crippen molar-refractivity contribution >= 4 is 0 Å². The normalized spacial score (nSPS) is 17.6. The highest BCUT2D eigenvalue weighted by atomic mass is 16.2. The summed E-state index contributed by atoms with van der Waals surface area (Å²) >= 11 is 0. The molecule has 0 amide bonds. The van der Waals surface area contributed by atoms with E-state index < -0.39 is 0 Å². The third kappa shape index (κ3) is 2.51. The van der Waals surface area contributed by atoms with Gasteiger partial charge in [-0.05, 0) is 32.6 Å². The molecular formula is C13H20N2O2. The summed E-state index contributed by atoms with van der Waals surface area (Å²) in [5.74, 6) is 0.367. The summed E-state index contributed by atoms with van der Waals surface area (Å²) in [4.78, 5) is 26.6.